The van der Waals surface area contributed by atoms with Crippen LogP contribution in [-0.2, 0) is 16.6 Å². The SMILES string of the molecule is COc1ccc(CN2CCN(S(=O)(=O)c3ccc(Cl)cc3)CC2)cc1F. The summed E-state index contributed by atoms with van der Waals surface area (Å²) in [5.74, 6) is -0.179. The molecule has 0 saturated carbocycles. The lowest BCUT2D eigenvalue weighted by atomic mass is 10.2. The van der Waals surface area contributed by atoms with Crippen LogP contribution in [0.3, 0.4) is 0 Å². The summed E-state index contributed by atoms with van der Waals surface area (Å²) in [6.45, 7) is 2.52. The third-order valence-corrected chi connectivity index (χ3v) is 6.57. The fourth-order valence-electron chi connectivity index (χ4n) is 2.95. The van der Waals surface area contributed by atoms with Gasteiger partial charge in [-0.15, -0.1) is 0 Å². The van der Waals surface area contributed by atoms with Gasteiger partial charge in [-0.1, -0.05) is 17.7 Å². The topological polar surface area (TPSA) is 49.9 Å². The Bertz CT molecular complexity index is 867. The Morgan fingerprint density at radius 1 is 1.08 bits per heavy atom. The first kappa shape index (κ1) is 19.1. The lowest BCUT2D eigenvalue weighted by Crippen LogP contribution is -2.48. The van der Waals surface area contributed by atoms with Crippen LogP contribution in [-0.4, -0.2) is 50.9 Å². The van der Waals surface area contributed by atoms with Crippen LogP contribution in [0.25, 0.3) is 0 Å². The van der Waals surface area contributed by atoms with E-state index < -0.39 is 15.8 Å². The van der Waals surface area contributed by atoms with E-state index in [0.29, 0.717) is 37.7 Å². The van der Waals surface area contributed by atoms with E-state index in [4.69, 9.17) is 16.3 Å². The fraction of sp³-hybridized carbons (Fsp3) is 0.333. The third-order valence-electron chi connectivity index (χ3n) is 4.41. The molecule has 2 aromatic rings. The molecule has 3 rings (SSSR count). The van der Waals surface area contributed by atoms with E-state index in [0.717, 1.165) is 5.56 Å². The summed E-state index contributed by atoms with van der Waals surface area (Å²) >= 11 is 5.82. The summed E-state index contributed by atoms with van der Waals surface area (Å²) < 4.78 is 45.6. The molecule has 1 heterocycles. The number of piperazine rings is 1. The van der Waals surface area contributed by atoms with E-state index >= 15 is 0 Å². The average Bonchev–Trinajstić information content (AvgIpc) is 2.63. The highest BCUT2D eigenvalue weighted by Crippen LogP contribution is 2.22. The smallest absolute Gasteiger partial charge is 0.243 e. The Morgan fingerprint density at radius 2 is 1.73 bits per heavy atom. The molecule has 26 heavy (non-hydrogen) atoms. The number of ether oxygens (including phenoxy) is 1. The van der Waals surface area contributed by atoms with Gasteiger partial charge in [-0.2, -0.15) is 4.31 Å². The Morgan fingerprint density at radius 3 is 2.31 bits per heavy atom. The van der Waals surface area contributed by atoms with Crippen molar-refractivity contribution >= 4 is 21.6 Å². The second kappa shape index (κ2) is 7.92. The van der Waals surface area contributed by atoms with Gasteiger partial charge >= 0.3 is 0 Å². The Kier molecular flexibility index (Phi) is 5.82. The van der Waals surface area contributed by atoms with Crippen molar-refractivity contribution in [2.45, 2.75) is 11.4 Å². The van der Waals surface area contributed by atoms with Crippen LogP contribution in [0.5, 0.6) is 5.75 Å². The van der Waals surface area contributed by atoms with E-state index in [9.17, 15) is 12.8 Å². The highest BCUT2D eigenvalue weighted by molar-refractivity contribution is 7.89. The van der Waals surface area contributed by atoms with Gasteiger partial charge in [0.1, 0.15) is 0 Å². The molecule has 0 unspecified atom stereocenters. The quantitative estimate of drug-likeness (QED) is 0.777. The van der Waals surface area contributed by atoms with Gasteiger partial charge in [-0.05, 0) is 42.0 Å². The molecule has 2 aromatic carbocycles. The molecule has 0 radical (unpaired) electrons. The molecule has 0 aromatic heterocycles. The number of hydrogen-bond acceptors (Lipinski definition) is 4. The van der Waals surface area contributed by atoms with Crippen LogP contribution >= 0.6 is 11.6 Å². The molecule has 0 aliphatic carbocycles. The molecular formula is C18H20ClFN2O3S. The summed E-state index contributed by atoms with van der Waals surface area (Å²) in [7, 11) is -2.09. The summed E-state index contributed by atoms with van der Waals surface area (Å²) in [6.07, 6.45) is 0. The highest BCUT2D eigenvalue weighted by Gasteiger charge is 2.28. The molecular weight excluding hydrogens is 379 g/mol. The average molecular weight is 399 g/mol. The lowest BCUT2D eigenvalue weighted by Gasteiger charge is -2.34. The number of halogens is 2. The van der Waals surface area contributed by atoms with Crippen molar-refractivity contribution in [3.05, 3.63) is 58.9 Å². The van der Waals surface area contributed by atoms with Gasteiger partial charge < -0.3 is 4.74 Å². The molecule has 0 bridgehead atoms. The van der Waals surface area contributed by atoms with E-state index in [1.165, 1.54) is 29.6 Å². The summed E-state index contributed by atoms with van der Waals surface area (Å²) in [6, 6.07) is 11.1. The summed E-state index contributed by atoms with van der Waals surface area (Å²) in [5, 5.41) is 0.500. The molecule has 140 valence electrons. The van der Waals surface area contributed by atoms with Crippen molar-refractivity contribution in [3.63, 3.8) is 0 Å². The van der Waals surface area contributed by atoms with Crippen molar-refractivity contribution in [2.24, 2.45) is 0 Å². The van der Waals surface area contributed by atoms with Crippen LogP contribution < -0.4 is 4.74 Å². The van der Waals surface area contributed by atoms with Crippen LogP contribution in [0.2, 0.25) is 5.02 Å². The molecule has 1 aliphatic rings. The number of methoxy groups -OCH3 is 1. The van der Waals surface area contributed by atoms with Gasteiger partial charge in [0.05, 0.1) is 12.0 Å². The molecule has 0 atom stereocenters. The first-order valence-corrected chi connectivity index (χ1v) is 10.0. The van der Waals surface area contributed by atoms with Gasteiger partial charge in [0.25, 0.3) is 0 Å². The summed E-state index contributed by atoms with van der Waals surface area (Å²) in [4.78, 5) is 2.35. The van der Waals surface area contributed by atoms with Gasteiger partial charge in [-0.3, -0.25) is 4.90 Å². The maximum Gasteiger partial charge on any atom is 0.243 e. The molecule has 1 aliphatic heterocycles. The van der Waals surface area contributed by atoms with Gasteiger partial charge in [0.2, 0.25) is 10.0 Å². The van der Waals surface area contributed by atoms with E-state index in [-0.39, 0.29) is 10.6 Å². The minimum absolute atomic E-state index is 0.215. The summed E-state index contributed by atoms with van der Waals surface area (Å²) in [5.41, 5.74) is 0.831. The van der Waals surface area contributed by atoms with Crippen molar-refractivity contribution in [1.29, 1.82) is 0 Å². The molecule has 5 nitrogen and oxygen atoms in total. The van der Waals surface area contributed by atoms with Crippen molar-refractivity contribution in [1.82, 2.24) is 9.21 Å². The highest BCUT2D eigenvalue weighted by atomic mass is 35.5. The van der Waals surface area contributed by atoms with Gasteiger partial charge in [-0.25, -0.2) is 12.8 Å². The number of benzene rings is 2. The molecule has 0 amide bonds. The van der Waals surface area contributed by atoms with E-state index in [1.807, 2.05) is 6.07 Å². The van der Waals surface area contributed by atoms with Crippen LogP contribution in [0.15, 0.2) is 47.4 Å². The molecule has 1 saturated heterocycles. The van der Waals surface area contributed by atoms with Crippen molar-refractivity contribution < 1.29 is 17.5 Å². The molecule has 1 fully saturated rings. The molecule has 8 heteroatoms. The Hall–Kier alpha value is -1.67. The monoisotopic (exact) mass is 398 g/mol. The van der Waals surface area contributed by atoms with E-state index in [1.54, 1.807) is 18.2 Å². The number of hydrogen-bond donors (Lipinski definition) is 0. The van der Waals surface area contributed by atoms with E-state index in [2.05, 4.69) is 4.90 Å². The largest absolute Gasteiger partial charge is 0.494 e. The maximum absolute atomic E-state index is 13.8. The van der Waals surface area contributed by atoms with Crippen molar-refractivity contribution in [2.75, 3.05) is 33.3 Å². The maximum atomic E-state index is 13.8. The zero-order valence-electron chi connectivity index (χ0n) is 14.4. The third kappa shape index (κ3) is 4.17. The predicted octanol–water partition coefficient (Wildman–Crippen LogP) is 2.99. The zero-order valence-corrected chi connectivity index (χ0v) is 15.9. The fourth-order valence-corrected chi connectivity index (χ4v) is 4.50. The van der Waals surface area contributed by atoms with Crippen LogP contribution in [0, 0.1) is 5.82 Å². The van der Waals surface area contributed by atoms with Crippen LogP contribution in [0.4, 0.5) is 4.39 Å². The number of rotatable bonds is 5. The first-order valence-electron chi connectivity index (χ1n) is 8.20. The lowest BCUT2D eigenvalue weighted by molar-refractivity contribution is 0.181. The van der Waals surface area contributed by atoms with Crippen LogP contribution in [0.1, 0.15) is 5.56 Å². The number of nitrogens with zero attached hydrogens (tertiary/aromatic N) is 2. The van der Waals surface area contributed by atoms with Crippen molar-refractivity contribution in [3.8, 4) is 5.75 Å². The Balaban J connectivity index is 1.62. The second-order valence-electron chi connectivity index (χ2n) is 6.10. The Labute approximate surface area is 158 Å². The van der Waals surface area contributed by atoms with Gasteiger partial charge in [0.15, 0.2) is 11.6 Å². The normalized spacial score (nSPS) is 16.6. The molecule has 0 spiro atoms. The first-order chi connectivity index (χ1) is 12.4. The van der Waals surface area contributed by atoms with Gasteiger partial charge in [0, 0.05) is 37.7 Å². The second-order valence-corrected chi connectivity index (χ2v) is 8.48. The zero-order chi connectivity index (χ0) is 18.7. The molecule has 0 N–H and O–H groups in total. The minimum atomic E-state index is -3.52. The predicted molar refractivity (Wildman–Crippen MR) is 98.4 cm³/mol. The minimum Gasteiger partial charge on any atom is -0.494 e. The standard InChI is InChI=1S/C18H20ClFN2O3S/c1-25-18-7-2-14(12-17(18)20)13-21-8-10-22(11-9-21)26(23,24)16-5-3-15(19)4-6-16/h2-7,12H,8-11,13H2,1H3. The number of sulfonamides is 1.